The van der Waals surface area contributed by atoms with Gasteiger partial charge in [0.25, 0.3) is 0 Å². The third-order valence-electron chi connectivity index (χ3n) is 4.66. The lowest BCUT2D eigenvalue weighted by molar-refractivity contribution is 0.0117. The summed E-state index contributed by atoms with van der Waals surface area (Å²) in [5.74, 6) is 1.13. The molecule has 0 N–H and O–H groups in total. The lowest BCUT2D eigenvalue weighted by Crippen LogP contribution is -2.44. The van der Waals surface area contributed by atoms with Gasteiger partial charge in [0.1, 0.15) is 5.60 Å². The molecule has 2 rings (SSSR count). The van der Waals surface area contributed by atoms with Crippen LogP contribution in [0.1, 0.15) is 47.0 Å². The summed E-state index contributed by atoms with van der Waals surface area (Å²) in [6, 6.07) is 8.80. The first-order valence-corrected chi connectivity index (χ1v) is 11.2. The maximum atomic E-state index is 12.2. The van der Waals surface area contributed by atoms with Crippen molar-refractivity contribution < 1.29 is 9.53 Å². The predicted molar refractivity (Wildman–Crippen MR) is 109 cm³/mol. The van der Waals surface area contributed by atoms with Crippen molar-refractivity contribution in [3.8, 4) is 0 Å². The molecule has 0 aromatic heterocycles. The SMILES string of the molecule is CSc1ccc(SCCC2(C)CCN(C(=O)OC(C)(C)C)CC2)cc1. The Bertz CT molecular complexity index is 558. The minimum Gasteiger partial charge on any atom is -0.444 e. The van der Waals surface area contributed by atoms with Crippen LogP contribution in [-0.2, 0) is 4.74 Å². The minimum atomic E-state index is -0.416. The van der Waals surface area contributed by atoms with Crippen molar-refractivity contribution in [3.05, 3.63) is 24.3 Å². The maximum absolute atomic E-state index is 12.2. The molecule has 1 aromatic carbocycles. The highest BCUT2D eigenvalue weighted by Crippen LogP contribution is 2.37. The number of hydrogen-bond acceptors (Lipinski definition) is 4. The fraction of sp³-hybridized carbons (Fsp3) is 0.650. The molecule has 25 heavy (non-hydrogen) atoms. The van der Waals surface area contributed by atoms with E-state index in [4.69, 9.17) is 4.74 Å². The number of nitrogens with zero attached hydrogens (tertiary/aromatic N) is 1. The molecule has 0 aliphatic carbocycles. The molecule has 5 heteroatoms. The van der Waals surface area contributed by atoms with E-state index in [1.165, 1.54) is 16.2 Å². The van der Waals surface area contributed by atoms with Crippen molar-refractivity contribution >= 4 is 29.6 Å². The zero-order chi connectivity index (χ0) is 18.5. The summed E-state index contributed by atoms with van der Waals surface area (Å²) < 4.78 is 5.48. The highest BCUT2D eigenvalue weighted by Gasteiger charge is 2.33. The van der Waals surface area contributed by atoms with Gasteiger partial charge in [-0.3, -0.25) is 0 Å². The number of ether oxygens (including phenoxy) is 1. The van der Waals surface area contributed by atoms with Crippen LogP contribution in [-0.4, -0.2) is 41.7 Å². The van der Waals surface area contributed by atoms with Crippen molar-refractivity contribution in [2.75, 3.05) is 25.1 Å². The normalized spacial score (nSPS) is 17.4. The summed E-state index contributed by atoms with van der Waals surface area (Å²) in [5, 5.41) is 0. The topological polar surface area (TPSA) is 29.5 Å². The van der Waals surface area contributed by atoms with Crippen LogP contribution in [0.5, 0.6) is 0 Å². The summed E-state index contributed by atoms with van der Waals surface area (Å²) in [5.41, 5.74) is -0.0922. The fourth-order valence-electron chi connectivity index (χ4n) is 2.89. The lowest BCUT2D eigenvalue weighted by atomic mass is 9.78. The summed E-state index contributed by atoms with van der Waals surface area (Å²) in [7, 11) is 0. The van der Waals surface area contributed by atoms with E-state index in [-0.39, 0.29) is 6.09 Å². The quantitative estimate of drug-likeness (QED) is 0.591. The molecule has 0 bridgehead atoms. The van der Waals surface area contributed by atoms with Crippen molar-refractivity contribution in [1.29, 1.82) is 0 Å². The van der Waals surface area contributed by atoms with Gasteiger partial charge in [-0.25, -0.2) is 4.79 Å². The van der Waals surface area contributed by atoms with E-state index < -0.39 is 5.60 Å². The number of amides is 1. The summed E-state index contributed by atoms with van der Waals surface area (Å²) in [6.07, 6.45) is 5.23. The molecule has 0 unspecified atom stereocenters. The number of carbonyl (C=O) groups is 1. The first-order valence-electron chi connectivity index (χ1n) is 8.96. The van der Waals surface area contributed by atoms with Crippen LogP contribution in [0.3, 0.4) is 0 Å². The number of hydrogen-bond donors (Lipinski definition) is 0. The molecule has 1 heterocycles. The van der Waals surface area contributed by atoms with Gasteiger partial charge in [0.05, 0.1) is 0 Å². The summed E-state index contributed by atoms with van der Waals surface area (Å²) in [4.78, 5) is 16.7. The number of likely N-dealkylation sites (tertiary alicyclic amines) is 1. The van der Waals surface area contributed by atoms with Gasteiger partial charge in [-0.05, 0) is 81.7 Å². The summed E-state index contributed by atoms with van der Waals surface area (Å²) >= 11 is 3.71. The largest absolute Gasteiger partial charge is 0.444 e. The zero-order valence-electron chi connectivity index (χ0n) is 16.1. The average Bonchev–Trinajstić information content (AvgIpc) is 2.54. The van der Waals surface area contributed by atoms with Crippen LogP contribution in [0, 0.1) is 5.41 Å². The van der Waals surface area contributed by atoms with Crippen LogP contribution in [0.2, 0.25) is 0 Å². The van der Waals surface area contributed by atoms with Gasteiger partial charge >= 0.3 is 6.09 Å². The van der Waals surface area contributed by atoms with E-state index in [0.717, 1.165) is 31.7 Å². The molecule has 0 atom stereocenters. The molecule has 1 saturated heterocycles. The smallest absolute Gasteiger partial charge is 0.410 e. The number of rotatable bonds is 5. The molecule has 0 spiro atoms. The Morgan fingerprint density at radius 3 is 2.24 bits per heavy atom. The highest BCUT2D eigenvalue weighted by atomic mass is 32.2. The monoisotopic (exact) mass is 381 g/mol. The standard InChI is InChI=1S/C20H31NO2S2/c1-19(2,3)23-18(22)21-13-10-20(4,11-14-21)12-15-25-17-8-6-16(24-5)7-9-17/h6-9H,10-15H2,1-5H3. The predicted octanol–water partition coefficient (Wildman–Crippen LogP) is 5.93. The van der Waals surface area contributed by atoms with Gasteiger partial charge in [0.2, 0.25) is 0 Å². The summed E-state index contributed by atoms with van der Waals surface area (Å²) in [6.45, 7) is 9.72. The maximum Gasteiger partial charge on any atom is 0.410 e. The Morgan fingerprint density at radius 2 is 1.72 bits per heavy atom. The molecule has 140 valence electrons. The average molecular weight is 382 g/mol. The molecule has 1 fully saturated rings. The van der Waals surface area contributed by atoms with Crippen molar-refractivity contribution in [1.82, 2.24) is 4.90 Å². The molecule has 1 aromatic rings. The first kappa shape index (κ1) is 20.5. The number of carbonyl (C=O) groups excluding carboxylic acids is 1. The van der Waals surface area contributed by atoms with E-state index in [1.807, 2.05) is 37.4 Å². The van der Waals surface area contributed by atoms with Crippen LogP contribution in [0.25, 0.3) is 0 Å². The van der Waals surface area contributed by atoms with Crippen molar-refractivity contribution in [2.45, 2.75) is 62.3 Å². The first-order chi connectivity index (χ1) is 11.7. The Balaban J connectivity index is 1.75. The molecule has 0 saturated carbocycles. The third kappa shape index (κ3) is 6.78. The van der Waals surface area contributed by atoms with Crippen LogP contribution in [0.4, 0.5) is 4.79 Å². The second-order valence-corrected chi connectivity index (χ2v) is 10.1. The molecule has 1 aliphatic rings. The Kier molecular flexibility index (Phi) is 7.15. The zero-order valence-corrected chi connectivity index (χ0v) is 17.8. The van der Waals surface area contributed by atoms with E-state index in [1.54, 1.807) is 11.8 Å². The van der Waals surface area contributed by atoms with Gasteiger partial charge in [-0.15, -0.1) is 23.5 Å². The fourth-order valence-corrected chi connectivity index (χ4v) is 4.46. The van der Waals surface area contributed by atoms with E-state index in [2.05, 4.69) is 37.4 Å². The van der Waals surface area contributed by atoms with Gasteiger partial charge in [0.15, 0.2) is 0 Å². The highest BCUT2D eigenvalue weighted by molar-refractivity contribution is 7.99. The van der Waals surface area contributed by atoms with Crippen molar-refractivity contribution in [2.24, 2.45) is 5.41 Å². The Labute approximate surface area is 161 Å². The van der Waals surface area contributed by atoms with Gasteiger partial charge in [-0.1, -0.05) is 6.92 Å². The number of piperidine rings is 1. The van der Waals surface area contributed by atoms with Gasteiger partial charge < -0.3 is 9.64 Å². The molecule has 1 amide bonds. The molecular weight excluding hydrogens is 350 g/mol. The van der Waals surface area contributed by atoms with E-state index in [9.17, 15) is 4.79 Å². The van der Waals surface area contributed by atoms with E-state index in [0.29, 0.717) is 5.41 Å². The second kappa shape index (κ2) is 8.72. The van der Waals surface area contributed by atoms with Crippen LogP contribution >= 0.6 is 23.5 Å². The van der Waals surface area contributed by atoms with Gasteiger partial charge in [0, 0.05) is 22.9 Å². The molecule has 1 aliphatic heterocycles. The Hall–Kier alpha value is -0.810. The minimum absolute atomic E-state index is 0.169. The van der Waals surface area contributed by atoms with E-state index >= 15 is 0 Å². The number of benzene rings is 1. The molecule has 0 radical (unpaired) electrons. The van der Waals surface area contributed by atoms with Crippen LogP contribution in [0.15, 0.2) is 34.1 Å². The lowest BCUT2D eigenvalue weighted by Gasteiger charge is -2.39. The molecular formula is C20H31NO2S2. The van der Waals surface area contributed by atoms with Gasteiger partial charge in [-0.2, -0.15) is 0 Å². The van der Waals surface area contributed by atoms with Crippen LogP contribution < -0.4 is 0 Å². The second-order valence-electron chi connectivity index (χ2n) is 8.05. The number of thioether (sulfide) groups is 2. The molecule has 3 nitrogen and oxygen atoms in total. The van der Waals surface area contributed by atoms with Crippen molar-refractivity contribution in [3.63, 3.8) is 0 Å². The third-order valence-corrected chi connectivity index (χ3v) is 6.41. The Morgan fingerprint density at radius 1 is 1.16 bits per heavy atom.